The molecule has 1 atom stereocenters. The van der Waals surface area contributed by atoms with Gasteiger partial charge in [-0.15, -0.1) is 0 Å². The SMILES string of the molecule is CC/C=C1/C(c2cccc(F)c2)=C(C(C)n2nc(-c3cnc(OC4CC(F)(F)C4)s3)c3c(N)ncnc32)N=C2C=CC(F)=CN21. The van der Waals surface area contributed by atoms with E-state index in [-0.39, 0.29) is 23.9 Å². The van der Waals surface area contributed by atoms with Crippen LogP contribution in [-0.4, -0.2) is 47.5 Å². The van der Waals surface area contributed by atoms with Gasteiger partial charge in [0.15, 0.2) is 5.65 Å². The fraction of sp³-hybridized carbons (Fsp3) is 0.258. The van der Waals surface area contributed by atoms with E-state index in [0.717, 1.165) is 11.3 Å². The fourth-order valence-electron chi connectivity index (χ4n) is 5.63. The van der Waals surface area contributed by atoms with E-state index < -0.39 is 29.7 Å². The Morgan fingerprint density at radius 3 is 2.76 bits per heavy atom. The Hall–Kier alpha value is -4.85. The summed E-state index contributed by atoms with van der Waals surface area (Å²) < 4.78 is 63.1. The summed E-state index contributed by atoms with van der Waals surface area (Å²) in [6.45, 7) is 3.84. The number of fused-ring (bicyclic) bond motifs is 2. The van der Waals surface area contributed by atoms with Gasteiger partial charge in [-0.1, -0.05) is 36.5 Å². The maximum absolute atomic E-state index is 14.6. The number of nitrogens with two attached hydrogens (primary N) is 1. The third-order valence-electron chi connectivity index (χ3n) is 7.73. The average Bonchev–Trinajstić information content (AvgIpc) is 3.61. The number of halogens is 4. The van der Waals surface area contributed by atoms with Crippen LogP contribution in [0.25, 0.3) is 27.2 Å². The second-order valence-electron chi connectivity index (χ2n) is 10.9. The van der Waals surface area contributed by atoms with Crippen molar-refractivity contribution in [2.75, 3.05) is 5.73 Å². The van der Waals surface area contributed by atoms with Crippen LogP contribution < -0.4 is 10.5 Å². The zero-order chi connectivity index (χ0) is 31.5. The molecule has 0 amide bonds. The predicted molar refractivity (Wildman–Crippen MR) is 163 cm³/mol. The summed E-state index contributed by atoms with van der Waals surface area (Å²) in [5.74, 6) is -2.93. The van der Waals surface area contributed by atoms with Crippen LogP contribution in [0.5, 0.6) is 5.19 Å². The number of allylic oxidation sites excluding steroid dienone is 5. The molecule has 0 saturated heterocycles. The van der Waals surface area contributed by atoms with Crippen molar-refractivity contribution >= 4 is 39.6 Å². The van der Waals surface area contributed by atoms with Crippen molar-refractivity contribution in [3.63, 3.8) is 0 Å². The second-order valence-corrected chi connectivity index (χ2v) is 11.9. The number of alkyl halides is 2. The van der Waals surface area contributed by atoms with E-state index in [1.165, 1.54) is 30.7 Å². The van der Waals surface area contributed by atoms with Crippen molar-refractivity contribution < 1.29 is 22.3 Å². The highest BCUT2D eigenvalue weighted by Crippen LogP contribution is 2.44. The molecule has 4 aromatic rings. The maximum Gasteiger partial charge on any atom is 0.274 e. The molecule has 230 valence electrons. The highest BCUT2D eigenvalue weighted by molar-refractivity contribution is 7.16. The Balaban J connectivity index is 1.37. The number of hydrogen-bond donors (Lipinski definition) is 1. The number of anilines is 1. The summed E-state index contributed by atoms with van der Waals surface area (Å²) in [5.41, 5.74) is 9.54. The number of amidine groups is 1. The molecule has 2 N–H and O–H groups in total. The third kappa shape index (κ3) is 5.18. The maximum atomic E-state index is 14.6. The number of aliphatic imine (C=N–C) groups is 1. The lowest BCUT2D eigenvalue weighted by molar-refractivity contribution is -0.134. The molecule has 1 fully saturated rings. The Bertz CT molecular complexity index is 1980. The molecule has 0 radical (unpaired) electrons. The van der Waals surface area contributed by atoms with E-state index in [9.17, 15) is 17.6 Å². The van der Waals surface area contributed by atoms with Crippen LogP contribution in [0, 0.1) is 5.82 Å². The molecule has 9 nitrogen and oxygen atoms in total. The van der Waals surface area contributed by atoms with E-state index in [1.54, 1.807) is 34.0 Å². The lowest BCUT2D eigenvalue weighted by atomic mass is 9.91. The van der Waals surface area contributed by atoms with Crippen molar-refractivity contribution in [1.82, 2.24) is 29.6 Å². The molecule has 3 aliphatic rings. The number of ether oxygens (including phenoxy) is 1. The number of aromatic nitrogens is 5. The molecule has 1 aliphatic carbocycles. The summed E-state index contributed by atoms with van der Waals surface area (Å²) >= 11 is 1.16. The van der Waals surface area contributed by atoms with Gasteiger partial charge in [0.2, 0.25) is 0 Å². The van der Waals surface area contributed by atoms with Gasteiger partial charge in [0.25, 0.3) is 11.1 Å². The molecule has 45 heavy (non-hydrogen) atoms. The van der Waals surface area contributed by atoms with Crippen LogP contribution in [0.1, 0.15) is 44.7 Å². The summed E-state index contributed by atoms with van der Waals surface area (Å²) in [4.78, 5) is 20.1. The highest BCUT2D eigenvalue weighted by Gasteiger charge is 2.47. The zero-order valence-corrected chi connectivity index (χ0v) is 24.9. The Morgan fingerprint density at radius 1 is 1.18 bits per heavy atom. The van der Waals surface area contributed by atoms with Gasteiger partial charge in [-0.25, -0.2) is 42.2 Å². The molecule has 14 heteroatoms. The molecular weight excluding hydrogens is 608 g/mol. The number of thiazole rings is 1. The molecule has 2 aliphatic heterocycles. The molecule has 7 rings (SSSR count). The number of benzene rings is 1. The Morgan fingerprint density at radius 2 is 2.00 bits per heavy atom. The minimum atomic E-state index is -2.72. The normalized spacial score (nSPS) is 19.4. The van der Waals surface area contributed by atoms with Gasteiger partial charge < -0.3 is 10.5 Å². The van der Waals surface area contributed by atoms with Gasteiger partial charge in [-0.2, -0.15) is 5.10 Å². The standard InChI is InChI=1S/C31H26F4N8OS/c1-3-5-21-24(17-6-4-7-18(32)10-17)26(40-23-9-8-19(33)14-42(21)23)16(2)43-29-25(28(36)38-15-39-29)27(41-43)22-13-37-30(45-22)44-20-11-31(34,35)12-20/h4-10,13-16,20H,3,11-12H2,1-2H3,(H2,36,38,39)/b21-5-. The summed E-state index contributed by atoms with van der Waals surface area (Å²) in [6.07, 6.45) is 8.38. The first-order valence-electron chi connectivity index (χ1n) is 14.2. The lowest BCUT2D eigenvalue weighted by Crippen LogP contribution is -2.43. The third-order valence-corrected chi connectivity index (χ3v) is 8.62. The van der Waals surface area contributed by atoms with Crippen LogP contribution in [0.4, 0.5) is 23.4 Å². The largest absolute Gasteiger partial charge is 0.466 e. The smallest absolute Gasteiger partial charge is 0.274 e. The van der Waals surface area contributed by atoms with Crippen LogP contribution in [0.3, 0.4) is 0 Å². The quantitative estimate of drug-likeness (QED) is 0.214. The van der Waals surface area contributed by atoms with Gasteiger partial charge in [-0.3, -0.25) is 4.90 Å². The summed E-state index contributed by atoms with van der Waals surface area (Å²) in [7, 11) is 0. The van der Waals surface area contributed by atoms with E-state index in [0.29, 0.717) is 56.4 Å². The second kappa shape index (κ2) is 10.9. The molecule has 1 saturated carbocycles. The van der Waals surface area contributed by atoms with Gasteiger partial charge in [0.05, 0.1) is 33.9 Å². The van der Waals surface area contributed by atoms with E-state index in [1.807, 2.05) is 19.9 Å². The molecule has 3 aromatic heterocycles. The molecule has 0 bridgehead atoms. The lowest BCUT2D eigenvalue weighted by Gasteiger charge is -2.34. The monoisotopic (exact) mass is 634 g/mol. The number of rotatable bonds is 7. The van der Waals surface area contributed by atoms with E-state index in [4.69, 9.17) is 20.6 Å². The van der Waals surface area contributed by atoms with Crippen LogP contribution in [0.15, 0.2) is 83.4 Å². The first kappa shape index (κ1) is 28.9. The number of nitrogens with zero attached hydrogens (tertiary/aromatic N) is 7. The van der Waals surface area contributed by atoms with Crippen molar-refractivity contribution in [3.05, 3.63) is 89.8 Å². The summed E-state index contributed by atoms with van der Waals surface area (Å²) in [5, 5.41) is 5.62. The van der Waals surface area contributed by atoms with Gasteiger partial charge in [-0.05, 0) is 43.2 Å². The number of nitrogen functional groups attached to an aromatic ring is 1. The fourth-order valence-corrected chi connectivity index (χ4v) is 6.45. The minimum absolute atomic E-state index is 0.186. The molecular formula is C31H26F4N8OS. The first-order valence-corrected chi connectivity index (χ1v) is 15.1. The van der Waals surface area contributed by atoms with Crippen molar-refractivity contribution in [1.29, 1.82) is 0 Å². The summed E-state index contributed by atoms with van der Waals surface area (Å²) in [6, 6.07) is 5.56. The molecule has 1 unspecified atom stereocenters. The van der Waals surface area contributed by atoms with Gasteiger partial charge in [0.1, 0.15) is 41.4 Å². The molecule has 5 heterocycles. The number of hydrogen-bond acceptors (Lipinski definition) is 9. The van der Waals surface area contributed by atoms with Crippen LogP contribution in [-0.2, 0) is 0 Å². The van der Waals surface area contributed by atoms with Crippen LogP contribution >= 0.6 is 11.3 Å². The van der Waals surface area contributed by atoms with Gasteiger partial charge in [0, 0.05) is 24.6 Å². The van der Waals surface area contributed by atoms with E-state index >= 15 is 0 Å². The highest BCUT2D eigenvalue weighted by atomic mass is 32.1. The first-order chi connectivity index (χ1) is 21.6. The Kier molecular flexibility index (Phi) is 7.03. The van der Waals surface area contributed by atoms with Crippen molar-refractivity contribution in [2.24, 2.45) is 4.99 Å². The van der Waals surface area contributed by atoms with Crippen molar-refractivity contribution in [3.8, 4) is 15.8 Å². The Labute approximate surface area is 258 Å². The topological polar surface area (TPSA) is 107 Å². The van der Waals surface area contributed by atoms with E-state index in [2.05, 4.69) is 15.0 Å². The average molecular weight is 635 g/mol. The zero-order valence-electron chi connectivity index (χ0n) is 24.1. The minimum Gasteiger partial charge on any atom is -0.466 e. The molecule has 0 spiro atoms. The predicted octanol–water partition coefficient (Wildman–Crippen LogP) is 7.21. The van der Waals surface area contributed by atoms with Crippen LogP contribution in [0.2, 0.25) is 0 Å². The molecule has 1 aromatic carbocycles. The van der Waals surface area contributed by atoms with Crippen molar-refractivity contribution in [2.45, 2.75) is 51.2 Å². The van der Waals surface area contributed by atoms with Gasteiger partial charge >= 0.3 is 0 Å².